The van der Waals surface area contributed by atoms with Gasteiger partial charge in [0.2, 0.25) is 5.91 Å². The second-order valence-corrected chi connectivity index (χ2v) is 8.63. The van der Waals surface area contributed by atoms with E-state index in [1.54, 1.807) is 11.3 Å². The topological polar surface area (TPSA) is 32.3 Å². The summed E-state index contributed by atoms with van der Waals surface area (Å²) in [5, 5.41) is 7.84. The molecule has 1 aromatic heterocycles. The molecule has 0 bridgehead atoms. The lowest BCUT2D eigenvalue weighted by Gasteiger charge is -2.26. The minimum absolute atomic E-state index is 0.0137. The van der Waals surface area contributed by atoms with Crippen molar-refractivity contribution in [2.24, 2.45) is 10.8 Å². The van der Waals surface area contributed by atoms with E-state index in [0.717, 1.165) is 6.42 Å². The van der Waals surface area contributed by atoms with Crippen LogP contribution in [0, 0.1) is 10.8 Å². The van der Waals surface area contributed by atoms with Gasteiger partial charge in [0, 0.05) is 6.04 Å². The molecule has 3 rings (SSSR count). The maximum atomic E-state index is 13.1. The van der Waals surface area contributed by atoms with Gasteiger partial charge in [-0.1, -0.05) is 34.6 Å². The van der Waals surface area contributed by atoms with E-state index in [-0.39, 0.29) is 22.9 Å². The molecule has 1 saturated carbocycles. The molecule has 21 heavy (non-hydrogen) atoms. The summed E-state index contributed by atoms with van der Waals surface area (Å²) in [5.74, 6) is 0.254. The first kappa shape index (κ1) is 15.0. The van der Waals surface area contributed by atoms with Gasteiger partial charge in [-0.2, -0.15) is 11.3 Å². The number of hydrogen-bond donors (Lipinski definition) is 1. The first-order valence-corrected chi connectivity index (χ1v) is 8.73. The molecule has 3 nitrogen and oxygen atoms in total. The largest absolute Gasteiger partial charge is 0.317 e. The average molecular weight is 306 g/mol. The van der Waals surface area contributed by atoms with E-state index in [4.69, 9.17) is 0 Å². The number of nitrogens with zero attached hydrogens (tertiary/aromatic N) is 1. The predicted molar refractivity (Wildman–Crippen MR) is 87.1 cm³/mol. The smallest absolute Gasteiger partial charge is 0.244 e. The van der Waals surface area contributed by atoms with Gasteiger partial charge in [-0.05, 0) is 46.6 Å². The fourth-order valence-electron chi connectivity index (χ4n) is 3.89. The minimum Gasteiger partial charge on any atom is -0.317 e. The molecule has 0 aromatic carbocycles. The van der Waals surface area contributed by atoms with Crippen LogP contribution in [-0.4, -0.2) is 22.4 Å². The monoisotopic (exact) mass is 306 g/mol. The molecule has 4 heteroatoms. The molecule has 1 amide bonds. The summed E-state index contributed by atoms with van der Waals surface area (Å²) in [6, 6.07) is 2.43. The van der Waals surface area contributed by atoms with Crippen molar-refractivity contribution in [3.8, 4) is 0 Å². The zero-order chi connectivity index (χ0) is 15.6. The van der Waals surface area contributed by atoms with Gasteiger partial charge >= 0.3 is 0 Å². The Kier molecular flexibility index (Phi) is 3.10. The summed E-state index contributed by atoms with van der Waals surface area (Å²) in [4.78, 5) is 15.2. The highest BCUT2D eigenvalue weighted by atomic mass is 32.1. The molecule has 1 N–H and O–H groups in total. The van der Waals surface area contributed by atoms with Crippen LogP contribution < -0.4 is 5.32 Å². The zero-order valence-electron chi connectivity index (χ0n) is 13.9. The third-order valence-electron chi connectivity index (χ3n) is 6.23. The summed E-state index contributed by atoms with van der Waals surface area (Å²) in [6.45, 7) is 13.2. The number of nitrogens with one attached hydrogen (secondary N) is 1. The number of carbonyl (C=O) groups excluding carboxylic acids is 1. The molecule has 0 radical (unpaired) electrons. The summed E-state index contributed by atoms with van der Waals surface area (Å²) >= 11 is 1.69. The van der Waals surface area contributed by atoms with Crippen LogP contribution in [0.4, 0.5) is 0 Å². The summed E-state index contributed by atoms with van der Waals surface area (Å²) in [6.07, 6.45) is 0.830. The molecule has 2 atom stereocenters. The number of rotatable bonds is 3. The summed E-state index contributed by atoms with van der Waals surface area (Å²) in [5.41, 5.74) is 1.10. The molecular weight excluding hydrogens is 280 g/mol. The number of carbonyl (C=O) groups is 1. The van der Waals surface area contributed by atoms with Crippen LogP contribution in [0.3, 0.4) is 0 Å². The molecule has 2 aliphatic rings. The Morgan fingerprint density at radius 1 is 1.24 bits per heavy atom. The lowest BCUT2D eigenvalue weighted by Crippen LogP contribution is -2.43. The third kappa shape index (κ3) is 1.85. The molecule has 1 aliphatic heterocycles. The fraction of sp³-hybridized carbons (Fsp3) is 0.706. The van der Waals surface area contributed by atoms with Gasteiger partial charge in [-0.25, -0.2) is 0 Å². The summed E-state index contributed by atoms with van der Waals surface area (Å²) in [7, 11) is 0. The quantitative estimate of drug-likeness (QED) is 0.921. The van der Waals surface area contributed by atoms with E-state index < -0.39 is 5.54 Å². The van der Waals surface area contributed by atoms with Gasteiger partial charge in [0.15, 0.2) is 0 Å². The Balaban J connectivity index is 2.02. The van der Waals surface area contributed by atoms with E-state index in [9.17, 15) is 4.79 Å². The van der Waals surface area contributed by atoms with E-state index in [2.05, 4.69) is 61.7 Å². The molecular formula is C17H26N2OS. The van der Waals surface area contributed by atoms with Crippen LogP contribution in [0.1, 0.15) is 59.7 Å². The van der Waals surface area contributed by atoms with Crippen LogP contribution in [-0.2, 0) is 4.79 Å². The van der Waals surface area contributed by atoms with Gasteiger partial charge in [0.25, 0.3) is 0 Å². The molecule has 116 valence electrons. The second-order valence-electron chi connectivity index (χ2n) is 7.85. The maximum absolute atomic E-state index is 13.1. The first-order chi connectivity index (χ1) is 9.67. The van der Waals surface area contributed by atoms with Gasteiger partial charge in [-0.15, -0.1) is 0 Å². The van der Waals surface area contributed by atoms with Crippen molar-refractivity contribution in [2.75, 3.05) is 0 Å². The highest BCUT2D eigenvalue weighted by Crippen LogP contribution is 2.67. The maximum Gasteiger partial charge on any atom is 0.244 e. The lowest BCUT2D eigenvalue weighted by molar-refractivity contribution is -0.134. The molecule has 2 fully saturated rings. The normalized spacial score (nSPS) is 34.5. The van der Waals surface area contributed by atoms with Gasteiger partial charge in [0.1, 0.15) is 6.17 Å². The highest BCUT2D eigenvalue weighted by Gasteiger charge is 2.71. The number of hydrogen-bond acceptors (Lipinski definition) is 3. The van der Waals surface area contributed by atoms with Crippen molar-refractivity contribution >= 4 is 17.2 Å². The minimum atomic E-state index is -0.443. The average Bonchev–Trinajstić information content (AvgIpc) is 2.89. The highest BCUT2D eigenvalue weighted by molar-refractivity contribution is 7.08. The molecule has 1 aromatic rings. The number of amides is 1. The van der Waals surface area contributed by atoms with Crippen LogP contribution in [0.5, 0.6) is 0 Å². The molecule has 1 saturated heterocycles. The Hall–Kier alpha value is -0.870. The molecule has 2 unspecified atom stereocenters. The fourth-order valence-corrected chi connectivity index (χ4v) is 4.57. The van der Waals surface area contributed by atoms with Gasteiger partial charge in [-0.3, -0.25) is 10.1 Å². The van der Waals surface area contributed by atoms with E-state index in [1.165, 1.54) is 5.56 Å². The molecule has 2 heterocycles. The summed E-state index contributed by atoms with van der Waals surface area (Å²) < 4.78 is 0. The first-order valence-electron chi connectivity index (χ1n) is 7.79. The molecule has 0 spiro atoms. The van der Waals surface area contributed by atoms with Crippen LogP contribution in [0.25, 0.3) is 0 Å². The Bertz CT molecular complexity index is 549. The molecule has 1 aliphatic carbocycles. The second kappa shape index (κ2) is 4.32. The van der Waals surface area contributed by atoms with Crippen molar-refractivity contribution in [3.63, 3.8) is 0 Å². The Morgan fingerprint density at radius 3 is 2.29 bits per heavy atom. The van der Waals surface area contributed by atoms with Crippen molar-refractivity contribution in [2.45, 2.75) is 65.7 Å². The van der Waals surface area contributed by atoms with E-state index in [1.807, 2.05) is 6.92 Å². The van der Waals surface area contributed by atoms with Crippen molar-refractivity contribution in [1.82, 2.24) is 10.2 Å². The Morgan fingerprint density at radius 2 is 1.86 bits per heavy atom. The van der Waals surface area contributed by atoms with Crippen LogP contribution >= 0.6 is 11.3 Å². The van der Waals surface area contributed by atoms with Gasteiger partial charge < -0.3 is 4.90 Å². The van der Waals surface area contributed by atoms with Crippen molar-refractivity contribution < 1.29 is 4.79 Å². The standard InChI is InChI=1S/C17H26N2OS/c1-7-17(6)14(20)19(13-15(2,3)16(13,4)5)12(18-17)11-8-9-21-10-11/h8-10,12-13,18H,7H2,1-6H3. The third-order valence-corrected chi connectivity index (χ3v) is 6.93. The van der Waals surface area contributed by atoms with Crippen molar-refractivity contribution in [1.29, 1.82) is 0 Å². The zero-order valence-corrected chi connectivity index (χ0v) is 14.7. The van der Waals surface area contributed by atoms with Crippen molar-refractivity contribution in [3.05, 3.63) is 22.4 Å². The van der Waals surface area contributed by atoms with Crippen LogP contribution in [0.2, 0.25) is 0 Å². The lowest BCUT2D eigenvalue weighted by atomic mass is 9.99. The van der Waals surface area contributed by atoms with E-state index in [0.29, 0.717) is 6.04 Å². The SMILES string of the molecule is CCC1(C)NC(c2ccsc2)N(C2C(C)(C)C2(C)C)C1=O. The van der Waals surface area contributed by atoms with Crippen LogP contribution in [0.15, 0.2) is 16.8 Å². The Labute approximate surface area is 131 Å². The predicted octanol–water partition coefficient (Wildman–Crippen LogP) is 3.78. The number of thiophene rings is 1. The van der Waals surface area contributed by atoms with Gasteiger partial charge in [0.05, 0.1) is 5.54 Å². The van der Waals surface area contributed by atoms with E-state index >= 15 is 0 Å².